The molecule has 5 aromatic carbocycles. The summed E-state index contributed by atoms with van der Waals surface area (Å²) in [6.45, 7) is 8.69. The predicted octanol–water partition coefficient (Wildman–Crippen LogP) is 25.1. The fraction of sp³-hybridized carbons (Fsp3) is 0.538. The first-order chi connectivity index (χ1) is 70.7. The van der Waals surface area contributed by atoms with Crippen molar-refractivity contribution in [1.82, 2.24) is 0 Å². The van der Waals surface area contributed by atoms with E-state index in [0.717, 1.165) is 99.2 Å². The van der Waals surface area contributed by atoms with Crippen LogP contribution in [0.15, 0.2) is 206 Å². The molecular weight excluding hydrogens is 2130 g/mol. The summed E-state index contributed by atoms with van der Waals surface area (Å²) >= 11 is 0. The van der Waals surface area contributed by atoms with Crippen LogP contribution in [0.5, 0.6) is 28.7 Å². The number of carbonyl (C=O) groups excluding carboxylic acids is 3. The number of aliphatic carboxylic acids is 1. The van der Waals surface area contributed by atoms with E-state index in [-0.39, 0.29) is 222 Å². The van der Waals surface area contributed by atoms with E-state index in [1.54, 1.807) is 6.08 Å². The zero-order chi connectivity index (χ0) is 109. The van der Waals surface area contributed by atoms with Gasteiger partial charge in [-0.15, -0.1) is 0 Å². The van der Waals surface area contributed by atoms with Crippen molar-refractivity contribution in [1.29, 1.82) is 0 Å². The minimum atomic E-state index is -4.46. The second kappa shape index (κ2) is 59.9. The minimum absolute atomic E-state index is 0.00281. The highest BCUT2D eigenvalue weighted by atomic mass is 32.0. The van der Waals surface area contributed by atoms with Crippen LogP contribution in [0.1, 0.15) is 158 Å². The van der Waals surface area contributed by atoms with Crippen LogP contribution in [-0.2, 0) is 87.1 Å². The van der Waals surface area contributed by atoms with Crippen LogP contribution in [0, 0.1) is 82.9 Å². The molecule has 9 unspecified atom stereocenters. The molecule has 149 heavy (non-hydrogen) atoms. The van der Waals surface area contributed by atoms with E-state index in [1.807, 2.05) is 48.6 Å². The standard InChI is InChI=1S/C24H33F3O5P2.C24H31F3O4P2.C19H25F3O4P2.C19H23F3O4P2.C18H19F3O5/c1-16-13-22(28)21(9-4-2-3-5-10-23(29)30)20(16)12-11-19(32-34-33)15-31-18-8-6-7-17(14-18)24(25,26)27;1-16-13-22-21(9-4-2-3-5-10-23(28)30-22)20(16)12-11-19(31-33-32)15-29-18-8-6-7-17(14-18)24(25,26)27;2*1-11-7-17-16(9-18(23)25-17)15(11)6-5-14(26-28-27)10-24-13-4-2-3-12(8-13)19(20,21)22;19-18(20,21)10-2-1-3-12(6-10)25-9-11(22)4-5-13-14-7-17(24)26-16(14)8-15(13)23/h2,4,6-8,11-12,14,16,19-22,28,34H,3,5,9-10,13,15,33H2,1H3,(H,29,30);2,4,6-8,11-12,14,16,19-22,33H,3,5,9-10,13,15,32H2,1H3;2-6,8,11,14-18,23,28H,7,9-10,27H2,1H3;2-6,8,11,14-17,28H,7,9-10,27H2,1H3;1-6,11,13-16,22-23H,7-9H2/b4-2?,12-11+;4-2-,12-11+;2*6-5+;5-4+/t2*16-,19-,20+,21-,22+;11-,14-,15+,16-,17+,18?;11-,14-,15+,16-,17+;11-,13-,14-,15-,16+/m11111/s1. The number of ether oxygens (including phenoxy) is 9. The monoisotopic (exact) mass is 2260 g/mol. The van der Waals surface area contributed by atoms with E-state index >= 15 is 0 Å². The predicted molar refractivity (Wildman–Crippen MR) is 552 cm³/mol. The number of hydrogen-bond acceptors (Lipinski definition) is 21. The quantitative estimate of drug-likeness (QED) is 0.00610. The van der Waals surface area contributed by atoms with Crippen LogP contribution in [0.2, 0.25) is 0 Å². The summed E-state index contributed by atoms with van der Waals surface area (Å²) in [4.78, 5) is 45.6. The highest BCUT2D eigenvalue weighted by Crippen LogP contribution is 2.51. The molecule has 4 aliphatic heterocycles. The number of benzene rings is 5. The number of carboxylic acid groups (broad SMARTS) is 1. The Morgan fingerprint density at radius 1 is 0.416 bits per heavy atom. The molecule has 0 amide bonds. The molecule has 0 spiro atoms. The van der Waals surface area contributed by atoms with E-state index in [9.17, 15) is 105 Å². The summed E-state index contributed by atoms with van der Waals surface area (Å²) < 4.78 is 265. The molecule has 5 aliphatic carbocycles. The highest BCUT2D eigenvalue weighted by Gasteiger charge is 2.52. The average Bonchev–Trinajstić information content (AvgIpc) is 1.65. The van der Waals surface area contributed by atoms with Crippen molar-refractivity contribution in [2.45, 2.75) is 235 Å². The summed E-state index contributed by atoms with van der Waals surface area (Å²) in [5.41, 5.74) is -3.82. The number of aliphatic hydroxyl groups excluding tert-OH is 4. The van der Waals surface area contributed by atoms with Gasteiger partial charge in [-0.1, -0.05) is 179 Å². The van der Waals surface area contributed by atoms with E-state index in [2.05, 4.69) is 87.7 Å². The van der Waals surface area contributed by atoms with Crippen LogP contribution in [0.25, 0.3) is 0 Å². The summed E-state index contributed by atoms with van der Waals surface area (Å²) in [6, 6.07) is 23.6. The van der Waals surface area contributed by atoms with Gasteiger partial charge >= 0.3 is 54.8 Å². The zero-order valence-corrected chi connectivity index (χ0v) is 90.8. The number of hydrogen-bond donors (Lipinski definition) is 5. The molecule has 3 saturated heterocycles. The van der Waals surface area contributed by atoms with Gasteiger partial charge in [0.1, 0.15) is 111 Å². The van der Waals surface area contributed by atoms with Crippen LogP contribution >= 0.6 is 69.7 Å². The molecular formula is C104H131F15O22P8. The molecule has 5 N–H and O–H groups in total. The summed E-state index contributed by atoms with van der Waals surface area (Å²) in [5, 5.41) is 49.0. The number of aliphatic hydroxyl groups is 4. The maximum absolute atomic E-state index is 13.0. The van der Waals surface area contributed by atoms with Gasteiger partial charge in [-0.25, -0.2) is 0 Å². The fourth-order valence-corrected chi connectivity index (χ4v) is 23.5. The van der Waals surface area contributed by atoms with Gasteiger partial charge in [0, 0.05) is 83.3 Å². The maximum Gasteiger partial charge on any atom is 0.416 e. The first kappa shape index (κ1) is 124. The Hall–Kier alpha value is -6.81. The molecule has 0 bridgehead atoms. The van der Waals surface area contributed by atoms with Crippen molar-refractivity contribution in [2.75, 3.05) is 33.0 Å². The van der Waals surface area contributed by atoms with Crippen molar-refractivity contribution in [3.05, 3.63) is 234 Å². The zero-order valence-electron chi connectivity index (χ0n) is 82.1. The van der Waals surface area contributed by atoms with E-state index in [0.29, 0.717) is 69.1 Å². The molecule has 22 nitrogen and oxygen atoms in total. The van der Waals surface area contributed by atoms with Crippen molar-refractivity contribution in [3.8, 4) is 28.7 Å². The first-order valence-corrected chi connectivity index (χ1v) is 59.9. The molecule has 0 radical (unpaired) electrons. The number of halogens is 15. The number of carboxylic acids is 1. The van der Waals surface area contributed by atoms with Crippen LogP contribution < -0.4 is 23.7 Å². The molecule has 5 saturated carbocycles. The van der Waals surface area contributed by atoms with Gasteiger partial charge in [0.05, 0.1) is 59.0 Å². The number of fused-ring (bicyclic) bond motifs is 4. The summed E-state index contributed by atoms with van der Waals surface area (Å²) in [7, 11) is 10.5. The molecule has 4 heterocycles. The van der Waals surface area contributed by atoms with Crippen molar-refractivity contribution in [2.24, 2.45) is 82.9 Å². The van der Waals surface area contributed by atoms with Gasteiger partial charge in [0.2, 0.25) is 0 Å². The Morgan fingerprint density at radius 2 is 0.765 bits per heavy atom. The molecule has 34 atom stereocenters. The topological polar surface area (TPSA) is 289 Å². The maximum atomic E-state index is 13.0. The molecule has 45 heteroatoms. The van der Waals surface area contributed by atoms with Gasteiger partial charge in [-0.2, -0.15) is 65.9 Å². The van der Waals surface area contributed by atoms with E-state index in [1.165, 1.54) is 66.7 Å². The molecule has 9 aliphatic rings. The van der Waals surface area contributed by atoms with Crippen molar-refractivity contribution < 1.29 is 171 Å². The molecule has 824 valence electrons. The summed E-state index contributed by atoms with van der Waals surface area (Å²) in [5.74, 6) is 1.70. The third kappa shape index (κ3) is 40.1. The second-order valence-electron chi connectivity index (χ2n) is 38.2. The Bertz CT molecular complexity index is 5230. The molecule has 5 aromatic rings. The number of allylic oxidation sites excluding steroid dienone is 8. The Balaban J connectivity index is 0.000000191. The fourth-order valence-electron chi connectivity index (χ4n) is 20.1. The van der Waals surface area contributed by atoms with E-state index < -0.39 is 108 Å². The molecule has 8 fully saturated rings. The van der Waals surface area contributed by atoms with Gasteiger partial charge in [-0.3, -0.25) is 19.2 Å². The summed E-state index contributed by atoms with van der Waals surface area (Å²) in [6.07, 6.45) is 10.3. The van der Waals surface area contributed by atoms with Crippen LogP contribution in [-0.4, -0.2) is 156 Å². The van der Waals surface area contributed by atoms with Crippen molar-refractivity contribution >= 4 is 93.6 Å². The first-order valence-electron chi connectivity index (χ1n) is 49.0. The second-order valence-corrected chi connectivity index (χ2v) is 42.9. The lowest BCUT2D eigenvalue weighted by Crippen LogP contribution is -2.25. The Morgan fingerprint density at radius 3 is 1.17 bits per heavy atom. The number of alkyl halides is 15. The number of unbranched alkanes of at least 4 members (excludes halogenated alkanes) is 1. The Kier molecular flexibility index (Phi) is 49.9. The lowest BCUT2D eigenvalue weighted by atomic mass is 9.86. The van der Waals surface area contributed by atoms with Crippen LogP contribution in [0.4, 0.5) is 65.9 Å². The third-order valence-corrected chi connectivity index (χ3v) is 30.9. The molecule has 14 rings (SSSR count). The Labute approximate surface area is 873 Å². The van der Waals surface area contributed by atoms with E-state index in [4.69, 9.17) is 65.8 Å². The number of carbonyl (C=O) groups is 4. The van der Waals surface area contributed by atoms with Crippen molar-refractivity contribution in [3.63, 3.8) is 0 Å². The lowest BCUT2D eigenvalue weighted by Gasteiger charge is -2.24. The highest BCUT2D eigenvalue weighted by molar-refractivity contribution is 8.01. The van der Waals surface area contributed by atoms with Crippen LogP contribution in [0.3, 0.4) is 0 Å². The normalized spacial score (nSPS) is 28.5. The van der Waals surface area contributed by atoms with Gasteiger partial charge < -0.3 is 86.3 Å². The SMILES string of the molecule is C[C@@H]1C[C@@H]2OC(=O)CCC/C=C\C[C@@H]2[C@H]1/C=C/[C@H](COc1cccc(C(F)(F)F)c1)OPP.C[C@@H]1C[C@@H]2OC(=O)C[C@@H]2[C@H]1/C=C/[C@H](COc1cccc(C(F)(F)F)c1)OPP.C[C@@H]1C[C@@H]2OC(O)C[C@@H]2[C@H]1/C=C/[C@H](COc1cccc(C(F)(F)F)c1)OPP.C[C@@H]1C[C@H](O)[C@H](CC=CCCCC(=O)O)[C@H]1/C=C/[C@H](COc1cccc(C(F)(F)F)c1)OPP.O=C1C[C@@H]2[C@@H](/C=C/[C@@H](O)COc3cccc(C(F)(F)F)c3)[C@H](O)C[C@@H]2O1. The largest absolute Gasteiger partial charge is 0.491 e. The van der Waals surface area contributed by atoms with Gasteiger partial charge in [-0.05, 0) is 214 Å². The number of esters is 3. The van der Waals surface area contributed by atoms with Gasteiger partial charge in [0.25, 0.3) is 0 Å². The van der Waals surface area contributed by atoms with Gasteiger partial charge in [0.15, 0.2) is 6.29 Å². The molecule has 0 aromatic heterocycles. The third-order valence-electron chi connectivity index (χ3n) is 27.5. The number of rotatable bonds is 39. The minimum Gasteiger partial charge on any atom is -0.491 e. The smallest absolute Gasteiger partial charge is 0.416 e. The average molecular weight is 2270 g/mol. The lowest BCUT2D eigenvalue weighted by molar-refractivity contribution is -0.151.